The Hall–Kier alpha value is -1.72. The van der Waals surface area contributed by atoms with Gasteiger partial charge in [0.05, 0.1) is 0 Å². The number of esters is 2. The van der Waals surface area contributed by atoms with Gasteiger partial charge >= 0.3 is 11.9 Å². The molecule has 1 heterocycles. The highest BCUT2D eigenvalue weighted by Crippen LogP contribution is 2.07. The Kier molecular flexibility index (Phi) is 1.67. The molecule has 1 rings (SSSR count). The van der Waals surface area contributed by atoms with Crippen molar-refractivity contribution in [2.75, 3.05) is 6.79 Å². The molecular weight excluding hydrogens is 152 g/mol. The van der Waals surface area contributed by atoms with E-state index in [0.29, 0.717) is 0 Å². The van der Waals surface area contributed by atoms with Gasteiger partial charge in [0, 0.05) is 0 Å². The first-order valence-electron chi connectivity index (χ1n) is 2.72. The van der Waals surface area contributed by atoms with E-state index >= 15 is 0 Å². The zero-order valence-electron chi connectivity index (χ0n) is 5.49. The van der Waals surface area contributed by atoms with Crippen LogP contribution in [0.4, 0.5) is 0 Å². The van der Waals surface area contributed by atoms with Crippen molar-refractivity contribution in [3.8, 4) is 0 Å². The maximum Gasteiger partial charge on any atom is 0.352 e. The van der Waals surface area contributed by atoms with Crippen molar-refractivity contribution in [3.63, 3.8) is 0 Å². The summed E-state index contributed by atoms with van der Waals surface area (Å²) >= 11 is 0. The number of nitrogens with two attached hydrogens (primary N) is 2. The van der Waals surface area contributed by atoms with Crippen LogP contribution in [0.15, 0.2) is 11.4 Å². The van der Waals surface area contributed by atoms with Gasteiger partial charge < -0.3 is 20.9 Å². The summed E-state index contributed by atoms with van der Waals surface area (Å²) in [7, 11) is 0. The first-order valence-corrected chi connectivity index (χ1v) is 2.72. The van der Waals surface area contributed by atoms with Crippen molar-refractivity contribution in [2.45, 2.75) is 0 Å². The van der Waals surface area contributed by atoms with Crippen molar-refractivity contribution in [2.24, 2.45) is 11.5 Å². The summed E-state index contributed by atoms with van der Waals surface area (Å²) in [4.78, 5) is 21.4. The third-order valence-electron chi connectivity index (χ3n) is 1.08. The number of rotatable bonds is 0. The molecule has 0 aliphatic carbocycles. The lowest BCUT2D eigenvalue weighted by atomic mass is 10.2. The van der Waals surface area contributed by atoms with Crippen molar-refractivity contribution in [1.82, 2.24) is 0 Å². The predicted molar refractivity (Wildman–Crippen MR) is 32.5 cm³/mol. The highest BCUT2D eigenvalue weighted by atomic mass is 16.7. The summed E-state index contributed by atoms with van der Waals surface area (Å²) in [5, 5.41) is 0. The first kappa shape index (κ1) is 7.39. The Labute approximate surface area is 61.7 Å². The fourth-order valence-electron chi connectivity index (χ4n) is 0.600. The first-order chi connectivity index (χ1) is 5.13. The standard InChI is InChI=1S/C5H6N2O4/c6-3(7)2-4(8)10-1-11-5(2)9/h1,6-7H2. The molecule has 0 aromatic rings. The molecular formula is C5H6N2O4. The minimum Gasteiger partial charge on any atom is -0.424 e. The normalized spacial score (nSPS) is 17.3. The van der Waals surface area contributed by atoms with E-state index in [-0.39, 0.29) is 12.6 Å². The fourth-order valence-corrected chi connectivity index (χ4v) is 0.600. The van der Waals surface area contributed by atoms with Crippen LogP contribution in [-0.2, 0) is 19.1 Å². The maximum atomic E-state index is 10.7. The molecule has 1 aliphatic rings. The number of ether oxygens (including phenoxy) is 2. The zero-order valence-corrected chi connectivity index (χ0v) is 5.49. The molecule has 6 heteroatoms. The van der Waals surface area contributed by atoms with Crippen LogP contribution >= 0.6 is 0 Å². The van der Waals surface area contributed by atoms with Gasteiger partial charge in [-0.1, -0.05) is 0 Å². The van der Waals surface area contributed by atoms with Crippen LogP contribution in [0.1, 0.15) is 0 Å². The van der Waals surface area contributed by atoms with Crippen LogP contribution in [0, 0.1) is 0 Å². The van der Waals surface area contributed by atoms with Crippen LogP contribution in [0.3, 0.4) is 0 Å². The van der Waals surface area contributed by atoms with E-state index in [1.165, 1.54) is 0 Å². The molecule has 60 valence electrons. The lowest BCUT2D eigenvalue weighted by Crippen LogP contribution is -2.31. The Morgan fingerprint density at radius 3 is 1.91 bits per heavy atom. The number of hydrogen-bond donors (Lipinski definition) is 2. The molecule has 0 aromatic heterocycles. The third kappa shape index (κ3) is 1.23. The predicted octanol–water partition coefficient (Wildman–Crippen LogP) is -1.83. The van der Waals surface area contributed by atoms with Crippen LogP contribution < -0.4 is 11.5 Å². The molecule has 0 spiro atoms. The molecule has 0 atom stereocenters. The molecule has 0 amide bonds. The summed E-state index contributed by atoms with van der Waals surface area (Å²) in [6, 6.07) is 0. The second-order valence-corrected chi connectivity index (χ2v) is 1.81. The number of carbonyl (C=O) groups is 2. The van der Waals surface area contributed by atoms with Crippen LogP contribution in [0.25, 0.3) is 0 Å². The SMILES string of the molecule is NC(N)=C1C(=O)OCOC1=O. The van der Waals surface area contributed by atoms with Gasteiger partial charge in [0.1, 0.15) is 5.82 Å². The van der Waals surface area contributed by atoms with Crippen molar-refractivity contribution in [1.29, 1.82) is 0 Å². The monoisotopic (exact) mass is 158 g/mol. The van der Waals surface area contributed by atoms with Gasteiger partial charge in [-0.05, 0) is 0 Å². The molecule has 1 saturated heterocycles. The van der Waals surface area contributed by atoms with Crippen LogP contribution in [0.5, 0.6) is 0 Å². The fraction of sp³-hybridized carbons (Fsp3) is 0.200. The Morgan fingerprint density at radius 2 is 1.64 bits per heavy atom. The lowest BCUT2D eigenvalue weighted by Gasteiger charge is -2.13. The molecule has 0 unspecified atom stereocenters. The van der Waals surface area contributed by atoms with E-state index in [0.717, 1.165) is 0 Å². The number of cyclic esters (lactones) is 2. The maximum absolute atomic E-state index is 10.7. The highest BCUT2D eigenvalue weighted by Gasteiger charge is 2.28. The second-order valence-electron chi connectivity index (χ2n) is 1.81. The molecule has 4 N–H and O–H groups in total. The zero-order chi connectivity index (χ0) is 8.43. The summed E-state index contributed by atoms with van der Waals surface area (Å²) in [6.45, 7) is -0.381. The molecule has 11 heavy (non-hydrogen) atoms. The highest BCUT2D eigenvalue weighted by molar-refractivity contribution is 6.15. The van der Waals surface area contributed by atoms with Crippen molar-refractivity contribution in [3.05, 3.63) is 11.4 Å². The van der Waals surface area contributed by atoms with Gasteiger partial charge in [-0.3, -0.25) is 0 Å². The molecule has 0 radical (unpaired) electrons. The van der Waals surface area contributed by atoms with Gasteiger partial charge in [-0.25, -0.2) is 9.59 Å². The van der Waals surface area contributed by atoms with E-state index in [4.69, 9.17) is 11.5 Å². The van der Waals surface area contributed by atoms with Crippen molar-refractivity contribution >= 4 is 11.9 Å². The topological polar surface area (TPSA) is 105 Å². The number of carbonyl (C=O) groups excluding carboxylic acids is 2. The summed E-state index contributed by atoms with van der Waals surface area (Å²) < 4.78 is 8.64. The molecule has 1 aliphatic heterocycles. The minimum absolute atomic E-state index is 0.381. The Balaban J connectivity index is 2.98. The largest absolute Gasteiger partial charge is 0.424 e. The van der Waals surface area contributed by atoms with Gasteiger partial charge in [-0.15, -0.1) is 0 Å². The smallest absolute Gasteiger partial charge is 0.352 e. The lowest BCUT2D eigenvalue weighted by molar-refractivity contribution is -0.172. The Morgan fingerprint density at radius 1 is 1.18 bits per heavy atom. The third-order valence-corrected chi connectivity index (χ3v) is 1.08. The van der Waals surface area contributed by atoms with Crippen LogP contribution in [-0.4, -0.2) is 18.7 Å². The summed E-state index contributed by atoms with van der Waals surface area (Å²) in [6.07, 6.45) is 0. The molecule has 0 bridgehead atoms. The van der Waals surface area contributed by atoms with E-state index in [2.05, 4.69) is 9.47 Å². The van der Waals surface area contributed by atoms with Crippen molar-refractivity contribution < 1.29 is 19.1 Å². The van der Waals surface area contributed by atoms with E-state index in [1.54, 1.807) is 0 Å². The van der Waals surface area contributed by atoms with E-state index in [9.17, 15) is 9.59 Å². The van der Waals surface area contributed by atoms with Gasteiger partial charge in [-0.2, -0.15) is 0 Å². The molecule has 0 saturated carbocycles. The average molecular weight is 158 g/mol. The van der Waals surface area contributed by atoms with E-state index < -0.39 is 17.5 Å². The van der Waals surface area contributed by atoms with Gasteiger partial charge in [0.2, 0.25) is 6.79 Å². The molecule has 1 fully saturated rings. The van der Waals surface area contributed by atoms with Gasteiger partial charge in [0.15, 0.2) is 5.57 Å². The van der Waals surface area contributed by atoms with E-state index in [1.807, 2.05) is 0 Å². The molecule has 0 aromatic carbocycles. The number of hydrogen-bond acceptors (Lipinski definition) is 6. The second kappa shape index (κ2) is 2.49. The van der Waals surface area contributed by atoms with Gasteiger partial charge in [0.25, 0.3) is 0 Å². The Bertz CT molecular complexity index is 223. The quantitative estimate of drug-likeness (QED) is 0.244. The minimum atomic E-state index is -0.846. The summed E-state index contributed by atoms with van der Waals surface area (Å²) in [5.74, 6) is -2.08. The average Bonchev–Trinajstić information content (AvgIpc) is 1.85. The van der Waals surface area contributed by atoms with Crippen LogP contribution in [0.2, 0.25) is 0 Å². The molecule has 6 nitrogen and oxygen atoms in total. The summed E-state index contributed by atoms with van der Waals surface area (Å²) in [5.41, 5.74) is 9.57.